The van der Waals surface area contributed by atoms with E-state index in [2.05, 4.69) is 55.6 Å². The topological polar surface area (TPSA) is 95.9 Å². The summed E-state index contributed by atoms with van der Waals surface area (Å²) < 4.78 is 5.47. The second-order valence-electron chi connectivity index (χ2n) is 20.3. The SMILES string of the molecule is CCCC/C=C\C/C=C\CCCCCCCC(=O)OCCCCCCCCCCCC/C=C\CCCCCCCCCC(=O)NC(CO)C(O)/C=C/CCCCCCCCCCCCCCCC. The second-order valence-corrected chi connectivity index (χ2v) is 20.3. The van der Waals surface area contributed by atoms with Crippen molar-refractivity contribution in [2.45, 2.75) is 321 Å². The van der Waals surface area contributed by atoms with E-state index in [4.69, 9.17) is 4.74 Å². The Balaban J connectivity index is 3.46. The zero-order valence-electron chi connectivity index (χ0n) is 45.3. The summed E-state index contributed by atoms with van der Waals surface area (Å²) in [7, 11) is 0. The molecule has 0 aromatic heterocycles. The van der Waals surface area contributed by atoms with Gasteiger partial charge in [-0.15, -0.1) is 0 Å². The number of hydrogen-bond donors (Lipinski definition) is 3. The standard InChI is InChI=1S/C62H115NO5/c1-3-5-7-9-11-13-15-17-19-27-30-34-38-42-46-50-54-60(65)59(58-64)63-61(66)55-51-47-43-39-35-31-28-25-23-21-20-22-24-26-29-33-37-41-45-49-53-57-68-62(67)56-52-48-44-40-36-32-18-16-14-12-10-8-6-4-2/h10,12,16,18,21,23,50,54,59-60,64-65H,3-9,11,13-15,17,19-20,22,24-49,51-53,55-58H2,1-2H3,(H,63,66)/b12-10-,18-16-,23-21-,54-50+. The third kappa shape index (κ3) is 53.2. The summed E-state index contributed by atoms with van der Waals surface area (Å²) in [5, 5.41) is 23.1. The van der Waals surface area contributed by atoms with E-state index in [-0.39, 0.29) is 18.5 Å². The van der Waals surface area contributed by atoms with Gasteiger partial charge in [0, 0.05) is 12.8 Å². The van der Waals surface area contributed by atoms with Crippen LogP contribution in [0, 0.1) is 0 Å². The molecule has 0 aromatic carbocycles. The summed E-state index contributed by atoms with van der Waals surface area (Å²) in [5.74, 6) is -0.0829. The van der Waals surface area contributed by atoms with E-state index >= 15 is 0 Å². The molecule has 0 aliphatic carbocycles. The third-order valence-electron chi connectivity index (χ3n) is 13.6. The van der Waals surface area contributed by atoms with Crippen molar-refractivity contribution < 1.29 is 24.5 Å². The van der Waals surface area contributed by atoms with Gasteiger partial charge in [0.15, 0.2) is 0 Å². The summed E-state index contributed by atoms with van der Waals surface area (Å²) >= 11 is 0. The lowest BCUT2D eigenvalue weighted by Crippen LogP contribution is -2.45. The van der Waals surface area contributed by atoms with Gasteiger partial charge in [-0.2, -0.15) is 0 Å². The number of carbonyl (C=O) groups excluding carboxylic acids is 2. The lowest BCUT2D eigenvalue weighted by molar-refractivity contribution is -0.143. The van der Waals surface area contributed by atoms with Gasteiger partial charge in [0.2, 0.25) is 5.91 Å². The number of rotatable bonds is 55. The molecule has 0 bridgehead atoms. The highest BCUT2D eigenvalue weighted by atomic mass is 16.5. The molecule has 68 heavy (non-hydrogen) atoms. The van der Waals surface area contributed by atoms with Crippen LogP contribution in [-0.2, 0) is 14.3 Å². The van der Waals surface area contributed by atoms with Gasteiger partial charge < -0.3 is 20.3 Å². The molecule has 6 heteroatoms. The van der Waals surface area contributed by atoms with Gasteiger partial charge in [0.05, 0.1) is 25.4 Å². The van der Waals surface area contributed by atoms with Crippen molar-refractivity contribution in [1.82, 2.24) is 5.32 Å². The minimum atomic E-state index is -0.850. The molecule has 0 aliphatic rings. The third-order valence-corrected chi connectivity index (χ3v) is 13.6. The van der Waals surface area contributed by atoms with E-state index in [1.54, 1.807) is 6.08 Å². The Hall–Kier alpha value is -2.18. The Morgan fingerprint density at radius 2 is 0.750 bits per heavy atom. The number of unbranched alkanes of at least 4 members (excludes halogenated alkanes) is 38. The van der Waals surface area contributed by atoms with Crippen molar-refractivity contribution in [1.29, 1.82) is 0 Å². The maximum absolute atomic E-state index is 12.5. The Morgan fingerprint density at radius 1 is 0.412 bits per heavy atom. The number of hydrogen-bond acceptors (Lipinski definition) is 5. The summed E-state index contributed by atoms with van der Waals surface area (Å²) in [6.07, 6.45) is 72.8. The molecule has 0 rings (SSSR count). The molecule has 6 nitrogen and oxygen atoms in total. The molecule has 0 spiro atoms. The summed E-state index contributed by atoms with van der Waals surface area (Å²) in [5.41, 5.74) is 0. The first kappa shape index (κ1) is 65.8. The normalized spacial score (nSPS) is 12.9. The Labute approximate surface area is 423 Å². The number of aliphatic hydroxyl groups is 2. The van der Waals surface area contributed by atoms with Crippen LogP contribution in [0.5, 0.6) is 0 Å². The van der Waals surface area contributed by atoms with Crippen molar-refractivity contribution in [2.24, 2.45) is 0 Å². The Morgan fingerprint density at radius 3 is 1.18 bits per heavy atom. The van der Waals surface area contributed by atoms with Gasteiger partial charge in [-0.25, -0.2) is 0 Å². The number of carbonyl (C=O) groups is 2. The van der Waals surface area contributed by atoms with Crippen LogP contribution in [-0.4, -0.2) is 47.4 Å². The van der Waals surface area contributed by atoms with Crippen LogP contribution in [0.3, 0.4) is 0 Å². The van der Waals surface area contributed by atoms with E-state index in [1.165, 1.54) is 225 Å². The maximum Gasteiger partial charge on any atom is 0.305 e. The highest BCUT2D eigenvalue weighted by Gasteiger charge is 2.18. The highest BCUT2D eigenvalue weighted by molar-refractivity contribution is 5.76. The van der Waals surface area contributed by atoms with E-state index in [0.29, 0.717) is 19.4 Å². The molecule has 0 saturated carbocycles. The number of allylic oxidation sites excluding steroid dienone is 7. The first-order chi connectivity index (χ1) is 33.5. The lowest BCUT2D eigenvalue weighted by Gasteiger charge is -2.20. The zero-order chi connectivity index (χ0) is 49.3. The quantitative estimate of drug-likeness (QED) is 0.0321. The van der Waals surface area contributed by atoms with E-state index in [0.717, 1.165) is 57.8 Å². The summed E-state index contributed by atoms with van der Waals surface area (Å²) in [6.45, 7) is 4.85. The molecule has 0 saturated heterocycles. The van der Waals surface area contributed by atoms with E-state index < -0.39 is 12.1 Å². The van der Waals surface area contributed by atoms with Crippen LogP contribution >= 0.6 is 0 Å². The average Bonchev–Trinajstić information content (AvgIpc) is 3.34. The molecule has 0 radical (unpaired) electrons. The van der Waals surface area contributed by atoms with E-state index in [1.807, 2.05) is 6.08 Å². The average molecular weight is 955 g/mol. The van der Waals surface area contributed by atoms with Gasteiger partial charge in [0.1, 0.15) is 0 Å². The number of esters is 1. The fourth-order valence-electron chi connectivity index (χ4n) is 8.94. The van der Waals surface area contributed by atoms with Gasteiger partial charge >= 0.3 is 5.97 Å². The molecule has 2 atom stereocenters. The molecule has 0 aliphatic heterocycles. The molecule has 398 valence electrons. The van der Waals surface area contributed by atoms with Gasteiger partial charge in [-0.3, -0.25) is 9.59 Å². The first-order valence-corrected chi connectivity index (χ1v) is 29.9. The van der Waals surface area contributed by atoms with Crippen molar-refractivity contribution >= 4 is 11.9 Å². The fraction of sp³-hybridized carbons (Fsp3) is 0.839. The Bertz CT molecular complexity index is 1150. The molecular weight excluding hydrogens is 839 g/mol. The maximum atomic E-state index is 12.5. The van der Waals surface area contributed by atoms with Crippen molar-refractivity contribution in [3.8, 4) is 0 Å². The minimum Gasteiger partial charge on any atom is -0.466 e. The zero-order valence-corrected chi connectivity index (χ0v) is 45.3. The lowest BCUT2D eigenvalue weighted by atomic mass is 10.0. The molecule has 0 aromatic rings. The Kier molecular flexibility index (Phi) is 55.6. The largest absolute Gasteiger partial charge is 0.466 e. The van der Waals surface area contributed by atoms with Crippen molar-refractivity contribution in [2.75, 3.05) is 13.2 Å². The summed E-state index contributed by atoms with van der Waals surface area (Å²) in [6, 6.07) is -0.634. The van der Waals surface area contributed by atoms with Gasteiger partial charge in [-0.05, 0) is 83.5 Å². The van der Waals surface area contributed by atoms with Crippen molar-refractivity contribution in [3.05, 3.63) is 48.6 Å². The number of nitrogens with one attached hydrogen (secondary N) is 1. The van der Waals surface area contributed by atoms with E-state index in [9.17, 15) is 19.8 Å². The molecule has 2 unspecified atom stereocenters. The van der Waals surface area contributed by atoms with Crippen LogP contribution in [0.1, 0.15) is 309 Å². The van der Waals surface area contributed by atoms with Crippen molar-refractivity contribution in [3.63, 3.8) is 0 Å². The molecule has 3 N–H and O–H groups in total. The molecular formula is C62H115NO5. The first-order valence-electron chi connectivity index (χ1n) is 29.9. The number of amides is 1. The number of ether oxygens (including phenoxy) is 1. The van der Waals surface area contributed by atoms with Gasteiger partial charge in [0.25, 0.3) is 0 Å². The highest BCUT2D eigenvalue weighted by Crippen LogP contribution is 2.16. The minimum absolute atomic E-state index is 0.00748. The number of aliphatic hydroxyl groups excluding tert-OH is 2. The van der Waals surface area contributed by atoms with Crippen LogP contribution in [0.4, 0.5) is 0 Å². The molecule has 0 fully saturated rings. The van der Waals surface area contributed by atoms with Crippen LogP contribution in [0.25, 0.3) is 0 Å². The van der Waals surface area contributed by atoms with Crippen LogP contribution in [0.15, 0.2) is 48.6 Å². The second kappa shape index (κ2) is 57.4. The fourth-order valence-corrected chi connectivity index (χ4v) is 8.94. The monoisotopic (exact) mass is 954 g/mol. The predicted molar refractivity (Wildman–Crippen MR) is 296 cm³/mol. The van der Waals surface area contributed by atoms with Crippen LogP contribution < -0.4 is 5.32 Å². The molecule has 0 heterocycles. The van der Waals surface area contributed by atoms with Gasteiger partial charge in [-0.1, -0.05) is 262 Å². The predicted octanol–water partition coefficient (Wildman–Crippen LogP) is 18.6. The van der Waals surface area contributed by atoms with Crippen LogP contribution in [0.2, 0.25) is 0 Å². The molecule has 1 amide bonds. The summed E-state index contributed by atoms with van der Waals surface area (Å²) in [4.78, 5) is 24.5. The smallest absolute Gasteiger partial charge is 0.305 e.